The van der Waals surface area contributed by atoms with Crippen molar-refractivity contribution < 1.29 is 31.7 Å². The highest BCUT2D eigenvalue weighted by molar-refractivity contribution is 7.93. The molecule has 4 N–H and O–H groups in total. The van der Waals surface area contributed by atoms with Crippen LogP contribution in [0.4, 0.5) is 28.0 Å². The zero-order valence-corrected chi connectivity index (χ0v) is 19.1. The zero-order chi connectivity index (χ0) is 24.1. The second-order valence-electron chi connectivity index (χ2n) is 7.84. The van der Waals surface area contributed by atoms with Crippen LogP contribution in [0.3, 0.4) is 0 Å². The maximum Gasteiger partial charge on any atom is 0.433 e. The number of thiophene rings is 1. The number of aliphatic hydroxyl groups is 1. The first-order valence-electron chi connectivity index (χ1n) is 9.65. The fourth-order valence-electron chi connectivity index (χ4n) is 3.50. The summed E-state index contributed by atoms with van der Waals surface area (Å²) < 4.78 is 70.5. The SMILES string of the molecule is CCc1c(C(F)(F)F)nc2c(c1NC(=O)N=[S@](N)(=O)c1sc(C(C)(C)O)cc1F)CCC2. The maximum absolute atomic E-state index is 14.3. The van der Waals surface area contributed by atoms with E-state index in [1.165, 1.54) is 20.8 Å². The van der Waals surface area contributed by atoms with Gasteiger partial charge in [0.1, 0.15) is 5.69 Å². The minimum atomic E-state index is -4.73. The Balaban J connectivity index is 2.04. The number of carbonyl (C=O) groups is 1. The molecule has 0 radical (unpaired) electrons. The van der Waals surface area contributed by atoms with Crippen LogP contribution in [0.25, 0.3) is 0 Å². The summed E-state index contributed by atoms with van der Waals surface area (Å²) in [6, 6.07) is -0.321. The van der Waals surface area contributed by atoms with Crippen LogP contribution in [0.1, 0.15) is 54.6 Å². The van der Waals surface area contributed by atoms with Gasteiger partial charge in [-0.3, -0.25) is 0 Å². The summed E-state index contributed by atoms with van der Waals surface area (Å²) in [7, 11) is -4.06. The van der Waals surface area contributed by atoms with Gasteiger partial charge in [-0.1, -0.05) is 6.92 Å². The minimum Gasteiger partial charge on any atom is -0.385 e. The molecule has 0 saturated heterocycles. The molecule has 0 aliphatic heterocycles. The number of pyridine rings is 1. The largest absolute Gasteiger partial charge is 0.433 e. The number of carbonyl (C=O) groups excluding carboxylic acids is 1. The molecule has 0 spiro atoms. The highest BCUT2D eigenvalue weighted by Crippen LogP contribution is 2.40. The van der Waals surface area contributed by atoms with Crippen molar-refractivity contribution in [1.82, 2.24) is 4.98 Å². The molecular formula is C19H22F4N4O3S2. The van der Waals surface area contributed by atoms with Gasteiger partial charge in [0.25, 0.3) is 0 Å². The third-order valence-electron chi connectivity index (χ3n) is 4.92. The van der Waals surface area contributed by atoms with Crippen LogP contribution in [-0.2, 0) is 41.0 Å². The number of aryl methyl sites for hydroxylation is 1. The van der Waals surface area contributed by atoms with Crippen molar-refractivity contribution in [3.63, 3.8) is 0 Å². The number of halogens is 4. The number of nitrogens with zero attached hydrogens (tertiary/aromatic N) is 2. The lowest BCUT2D eigenvalue weighted by Gasteiger charge is -2.19. The van der Waals surface area contributed by atoms with Crippen LogP contribution in [-0.4, -0.2) is 20.3 Å². The van der Waals surface area contributed by atoms with Gasteiger partial charge >= 0.3 is 12.2 Å². The summed E-state index contributed by atoms with van der Waals surface area (Å²) in [5.41, 5.74) is -2.12. The summed E-state index contributed by atoms with van der Waals surface area (Å²) >= 11 is 0.597. The van der Waals surface area contributed by atoms with Gasteiger partial charge in [-0.15, -0.1) is 15.7 Å². The molecule has 2 aromatic rings. The molecule has 1 aliphatic rings. The fraction of sp³-hybridized carbons (Fsp3) is 0.474. The molecule has 0 saturated carbocycles. The van der Waals surface area contributed by atoms with Gasteiger partial charge in [0.2, 0.25) is 0 Å². The third-order valence-corrected chi connectivity index (χ3v) is 8.27. The Morgan fingerprint density at radius 2 is 2.03 bits per heavy atom. The molecular weight excluding hydrogens is 472 g/mol. The average molecular weight is 495 g/mol. The highest BCUT2D eigenvalue weighted by atomic mass is 32.2. The van der Waals surface area contributed by atoms with E-state index in [0.29, 0.717) is 36.2 Å². The van der Waals surface area contributed by atoms with Crippen LogP contribution in [0.2, 0.25) is 0 Å². The van der Waals surface area contributed by atoms with Crippen molar-refractivity contribution >= 4 is 33.0 Å². The number of alkyl halides is 3. The molecule has 2 heterocycles. The molecule has 32 heavy (non-hydrogen) atoms. The lowest BCUT2D eigenvalue weighted by molar-refractivity contribution is -0.141. The quantitative estimate of drug-likeness (QED) is 0.542. The Kier molecular flexibility index (Phi) is 6.41. The van der Waals surface area contributed by atoms with Crippen LogP contribution in [0.15, 0.2) is 14.6 Å². The van der Waals surface area contributed by atoms with E-state index in [0.717, 1.165) is 6.07 Å². The number of urea groups is 1. The number of hydrogen-bond donors (Lipinski definition) is 3. The van der Waals surface area contributed by atoms with E-state index in [1.807, 2.05) is 0 Å². The van der Waals surface area contributed by atoms with Crippen LogP contribution in [0, 0.1) is 5.82 Å². The van der Waals surface area contributed by atoms with Crippen molar-refractivity contribution in [2.45, 2.75) is 62.4 Å². The van der Waals surface area contributed by atoms with Crippen molar-refractivity contribution in [2.75, 3.05) is 5.32 Å². The van der Waals surface area contributed by atoms with Crippen molar-refractivity contribution in [3.05, 3.63) is 39.3 Å². The molecule has 0 unspecified atom stereocenters. The maximum atomic E-state index is 14.3. The van der Waals surface area contributed by atoms with E-state index in [-0.39, 0.29) is 28.2 Å². The molecule has 176 valence electrons. The number of rotatable bonds is 4. The van der Waals surface area contributed by atoms with Crippen molar-refractivity contribution in [3.8, 4) is 0 Å². The fourth-order valence-corrected chi connectivity index (χ4v) is 5.84. The molecule has 0 aromatic carbocycles. The molecule has 7 nitrogen and oxygen atoms in total. The number of hydrogen-bond acceptors (Lipinski definition) is 5. The first kappa shape index (κ1) is 24.6. The first-order valence-corrected chi connectivity index (χ1v) is 12.0. The predicted molar refractivity (Wildman–Crippen MR) is 112 cm³/mol. The van der Waals surface area contributed by atoms with Crippen molar-refractivity contribution in [2.24, 2.45) is 9.50 Å². The van der Waals surface area contributed by atoms with E-state index >= 15 is 0 Å². The molecule has 2 amide bonds. The Labute approximate surface area is 186 Å². The Bertz CT molecular complexity index is 1190. The van der Waals surface area contributed by atoms with Crippen molar-refractivity contribution in [1.29, 1.82) is 0 Å². The molecule has 3 rings (SSSR count). The number of aromatic nitrogens is 1. The van der Waals surface area contributed by atoms with Gasteiger partial charge < -0.3 is 10.4 Å². The summed E-state index contributed by atoms with van der Waals surface area (Å²) in [5, 5.41) is 17.9. The number of anilines is 1. The normalized spacial score (nSPS) is 15.9. The van der Waals surface area contributed by atoms with Gasteiger partial charge in [-0.05, 0) is 51.2 Å². The first-order chi connectivity index (χ1) is 14.6. The minimum absolute atomic E-state index is 0.0722. The van der Waals surface area contributed by atoms with Gasteiger partial charge in [0.05, 0.1) is 11.3 Å². The lowest BCUT2D eigenvalue weighted by atomic mass is 10.0. The van der Waals surface area contributed by atoms with Gasteiger partial charge in [-0.25, -0.2) is 23.5 Å². The molecule has 0 bridgehead atoms. The molecule has 1 aliphatic carbocycles. The molecule has 1 atom stereocenters. The van der Waals surface area contributed by atoms with E-state index in [1.54, 1.807) is 0 Å². The third kappa shape index (κ3) is 4.80. The standard InChI is InChI=1S/C19H22F4N4O3S2/c1-4-9-14(10-6-5-7-12(10)25-15(9)19(21,22)23)26-17(28)27-32(24,30)16-11(20)8-13(31-16)18(2,3)29/h8,29H,4-7H2,1-3H3,(H3,24,25,26,27,28,30)/t32-/m0/s1. The predicted octanol–water partition coefficient (Wildman–Crippen LogP) is 4.51. The number of nitrogens with two attached hydrogens (primary N) is 1. The monoisotopic (exact) mass is 494 g/mol. The summed E-state index contributed by atoms with van der Waals surface area (Å²) in [5.74, 6) is -1.01. The Morgan fingerprint density at radius 3 is 2.56 bits per heavy atom. The zero-order valence-electron chi connectivity index (χ0n) is 17.5. The van der Waals surface area contributed by atoms with Gasteiger partial charge in [0, 0.05) is 16.1 Å². The van der Waals surface area contributed by atoms with Crippen LogP contribution in [0.5, 0.6) is 0 Å². The van der Waals surface area contributed by atoms with E-state index < -0.39 is 43.4 Å². The van der Waals surface area contributed by atoms with Gasteiger partial charge in [0.15, 0.2) is 19.9 Å². The van der Waals surface area contributed by atoms with Crippen LogP contribution < -0.4 is 10.5 Å². The Hall–Kier alpha value is -2.09. The molecule has 0 fully saturated rings. The van der Waals surface area contributed by atoms with E-state index in [9.17, 15) is 31.7 Å². The smallest absolute Gasteiger partial charge is 0.385 e. The topological polar surface area (TPSA) is 118 Å². The average Bonchev–Trinajstić information content (AvgIpc) is 3.26. The number of fused-ring (bicyclic) bond motifs is 1. The summed E-state index contributed by atoms with van der Waals surface area (Å²) in [6.45, 7) is 4.27. The molecule has 13 heteroatoms. The second-order valence-corrected chi connectivity index (χ2v) is 10.9. The molecule has 2 aromatic heterocycles. The summed E-state index contributed by atoms with van der Waals surface area (Å²) in [4.78, 5) is 16.4. The Morgan fingerprint density at radius 1 is 1.38 bits per heavy atom. The van der Waals surface area contributed by atoms with Crippen LogP contribution >= 0.6 is 11.3 Å². The number of amides is 2. The van der Waals surface area contributed by atoms with Gasteiger partial charge in [-0.2, -0.15) is 13.2 Å². The lowest BCUT2D eigenvalue weighted by Crippen LogP contribution is -2.21. The second kappa shape index (κ2) is 8.36. The van der Waals surface area contributed by atoms with E-state index in [2.05, 4.69) is 14.7 Å². The number of nitrogens with one attached hydrogen (secondary N) is 1. The highest BCUT2D eigenvalue weighted by Gasteiger charge is 2.38. The summed E-state index contributed by atoms with van der Waals surface area (Å²) in [6.07, 6.45) is -3.49. The van der Waals surface area contributed by atoms with E-state index in [4.69, 9.17) is 5.14 Å².